The molecule has 0 bridgehead atoms. The lowest BCUT2D eigenvalue weighted by molar-refractivity contribution is 0.0949. The van der Waals surface area contributed by atoms with Gasteiger partial charge in [-0.05, 0) is 31.5 Å². The topological polar surface area (TPSA) is 165 Å². The average Bonchev–Trinajstić information content (AvgIpc) is 3.35. The van der Waals surface area contributed by atoms with E-state index < -0.39 is 21.4 Å². The van der Waals surface area contributed by atoms with E-state index in [0.717, 1.165) is 5.56 Å². The van der Waals surface area contributed by atoms with E-state index in [1.165, 1.54) is 46.3 Å². The SMILES string of the molecule is COc1cccc(-c2nnc(NS(=O)(=O)C(C)C(OC)c3ncc(C)cn3)n2-c2c(OC)ncnc2OC)c1. The van der Waals surface area contributed by atoms with E-state index >= 15 is 0 Å². The summed E-state index contributed by atoms with van der Waals surface area (Å²) in [4.78, 5) is 16.8. The lowest BCUT2D eigenvalue weighted by Crippen LogP contribution is -2.33. The molecular weight excluding hydrogens is 528 g/mol. The molecule has 0 saturated carbocycles. The molecule has 0 aliphatic carbocycles. The molecule has 1 aromatic carbocycles. The summed E-state index contributed by atoms with van der Waals surface area (Å²) in [5.74, 6) is 1.06. The zero-order valence-corrected chi connectivity index (χ0v) is 23.0. The Morgan fingerprint density at radius 3 is 2.18 bits per heavy atom. The molecule has 15 heteroatoms. The van der Waals surface area contributed by atoms with Crippen LogP contribution in [0.5, 0.6) is 17.5 Å². The molecule has 0 radical (unpaired) electrons. The number of rotatable bonds is 11. The highest BCUT2D eigenvalue weighted by Crippen LogP contribution is 2.36. The quantitative estimate of drug-likeness (QED) is 0.287. The van der Waals surface area contributed by atoms with Crippen molar-refractivity contribution in [3.05, 3.63) is 54.4 Å². The molecular formula is C24H28N8O6S. The molecule has 4 aromatic rings. The van der Waals surface area contributed by atoms with Crippen LogP contribution in [0.2, 0.25) is 0 Å². The van der Waals surface area contributed by atoms with E-state index in [9.17, 15) is 8.42 Å². The van der Waals surface area contributed by atoms with E-state index in [-0.39, 0.29) is 35.0 Å². The Morgan fingerprint density at radius 2 is 1.59 bits per heavy atom. The van der Waals surface area contributed by atoms with E-state index in [4.69, 9.17) is 18.9 Å². The van der Waals surface area contributed by atoms with Crippen LogP contribution in [0.3, 0.4) is 0 Å². The van der Waals surface area contributed by atoms with Gasteiger partial charge in [0, 0.05) is 25.1 Å². The van der Waals surface area contributed by atoms with Crippen molar-refractivity contribution in [1.82, 2.24) is 34.7 Å². The summed E-state index contributed by atoms with van der Waals surface area (Å²) in [6, 6.07) is 7.02. The monoisotopic (exact) mass is 556 g/mol. The Labute approximate surface area is 225 Å². The van der Waals surface area contributed by atoms with Crippen molar-refractivity contribution in [3.63, 3.8) is 0 Å². The Morgan fingerprint density at radius 1 is 0.923 bits per heavy atom. The number of hydrogen-bond donors (Lipinski definition) is 1. The lowest BCUT2D eigenvalue weighted by atomic mass is 10.2. The molecule has 206 valence electrons. The first-order valence-electron chi connectivity index (χ1n) is 11.6. The van der Waals surface area contributed by atoms with E-state index in [1.54, 1.807) is 36.7 Å². The van der Waals surface area contributed by atoms with Crippen LogP contribution in [-0.2, 0) is 14.8 Å². The largest absolute Gasteiger partial charge is 0.497 e. The van der Waals surface area contributed by atoms with Crippen molar-refractivity contribution < 1.29 is 27.4 Å². The van der Waals surface area contributed by atoms with Crippen LogP contribution >= 0.6 is 0 Å². The molecule has 2 atom stereocenters. The lowest BCUT2D eigenvalue weighted by Gasteiger charge is -2.22. The van der Waals surface area contributed by atoms with Gasteiger partial charge in [0.2, 0.25) is 27.7 Å². The minimum atomic E-state index is -4.16. The zero-order valence-electron chi connectivity index (χ0n) is 22.2. The van der Waals surface area contributed by atoms with E-state index in [0.29, 0.717) is 11.3 Å². The van der Waals surface area contributed by atoms with Gasteiger partial charge in [-0.2, -0.15) is 9.97 Å². The van der Waals surface area contributed by atoms with Crippen molar-refractivity contribution in [2.24, 2.45) is 0 Å². The van der Waals surface area contributed by atoms with Crippen LogP contribution in [0.1, 0.15) is 24.4 Å². The molecule has 14 nitrogen and oxygen atoms in total. The Kier molecular flexibility index (Phi) is 8.21. The third kappa shape index (κ3) is 5.58. The second-order valence-electron chi connectivity index (χ2n) is 8.28. The number of methoxy groups -OCH3 is 4. The van der Waals surface area contributed by atoms with Crippen LogP contribution < -0.4 is 18.9 Å². The first-order chi connectivity index (χ1) is 18.7. The molecule has 2 unspecified atom stereocenters. The van der Waals surface area contributed by atoms with Crippen molar-refractivity contribution in [1.29, 1.82) is 0 Å². The molecule has 0 aliphatic heterocycles. The van der Waals surface area contributed by atoms with Crippen LogP contribution in [0.4, 0.5) is 5.95 Å². The first kappa shape index (κ1) is 27.7. The summed E-state index contributed by atoms with van der Waals surface area (Å²) in [6.45, 7) is 3.31. The maximum absolute atomic E-state index is 13.6. The number of aromatic nitrogens is 7. The molecule has 0 amide bonds. The number of sulfonamides is 1. The molecule has 0 aliphatic rings. The minimum absolute atomic E-state index is 0.0992. The average molecular weight is 557 g/mol. The summed E-state index contributed by atoms with van der Waals surface area (Å²) in [6.07, 6.45) is 3.47. The fourth-order valence-electron chi connectivity index (χ4n) is 3.79. The normalized spacial score (nSPS) is 13.0. The second kappa shape index (κ2) is 11.6. The molecule has 0 saturated heterocycles. The molecule has 0 spiro atoms. The van der Waals surface area contributed by atoms with Gasteiger partial charge in [0.1, 0.15) is 23.4 Å². The Balaban J connectivity index is 1.85. The molecule has 39 heavy (non-hydrogen) atoms. The molecule has 3 heterocycles. The second-order valence-corrected chi connectivity index (χ2v) is 10.3. The standard InChI is InChI=1S/C24H28N8O6S/c1-14-11-25-20(26-12-14)19(36-4)15(2)39(33,34)31-24-30-29-21(16-8-7-9-17(10-16)35-3)32(24)18-22(37-5)27-13-28-23(18)38-6/h7-13,15,19H,1-6H3,(H,30,31). The van der Waals surface area contributed by atoms with Gasteiger partial charge in [-0.25, -0.2) is 18.4 Å². The number of nitrogens with zero attached hydrogens (tertiary/aromatic N) is 7. The summed E-state index contributed by atoms with van der Waals surface area (Å²) in [5.41, 5.74) is 1.57. The summed E-state index contributed by atoms with van der Waals surface area (Å²) in [5, 5.41) is 7.30. The molecule has 4 rings (SSSR count). The maximum Gasteiger partial charge on any atom is 0.245 e. The Bertz CT molecular complexity index is 1520. The van der Waals surface area contributed by atoms with Gasteiger partial charge in [-0.15, -0.1) is 10.2 Å². The number of hydrogen-bond acceptors (Lipinski definition) is 12. The van der Waals surface area contributed by atoms with Gasteiger partial charge >= 0.3 is 0 Å². The number of ether oxygens (including phenoxy) is 4. The first-order valence-corrected chi connectivity index (χ1v) is 13.1. The maximum atomic E-state index is 13.6. The third-order valence-electron chi connectivity index (χ3n) is 5.82. The van der Waals surface area contributed by atoms with Crippen LogP contribution in [0.15, 0.2) is 43.0 Å². The van der Waals surface area contributed by atoms with E-state index in [2.05, 4.69) is 34.9 Å². The smallest absolute Gasteiger partial charge is 0.245 e. The molecule has 1 N–H and O–H groups in total. The van der Waals surface area contributed by atoms with Crippen molar-refractivity contribution in [3.8, 4) is 34.6 Å². The highest BCUT2D eigenvalue weighted by Gasteiger charge is 2.35. The van der Waals surface area contributed by atoms with Gasteiger partial charge < -0.3 is 18.9 Å². The van der Waals surface area contributed by atoms with Crippen molar-refractivity contribution in [2.45, 2.75) is 25.2 Å². The fourth-order valence-corrected chi connectivity index (χ4v) is 4.92. The van der Waals surface area contributed by atoms with Gasteiger partial charge in [-0.3, -0.25) is 9.29 Å². The highest BCUT2D eigenvalue weighted by atomic mass is 32.2. The van der Waals surface area contributed by atoms with Crippen LogP contribution in [0.25, 0.3) is 17.1 Å². The van der Waals surface area contributed by atoms with Crippen molar-refractivity contribution >= 4 is 16.0 Å². The summed E-state index contributed by atoms with van der Waals surface area (Å²) in [7, 11) is 1.59. The van der Waals surface area contributed by atoms with Gasteiger partial charge in [0.15, 0.2) is 17.3 Å². The summed E-state index contributed by atoms with van der Waals surface area (Å²) < 4.78 is 53.0. The number of anilines is 1. The summed E-state index contributed by atoms with van der Waals surface area (Å²) >= 11 is 0. The van der Waals surface area contributed by atoms with Crippen molar-refractivity contribution in [2.75, 3.05) is 33.2 Å². The number of aryl methyl sites for hydroxylation is 1. The minimum Gasteiger partial charge on any atom is -0.497 e. The van der Waals surface area contributed by atoms with Gasteiger partial charge in [-0.1, -0.05) is 12.1 Å². The Hall–Kier alpha value is -4.37. The number of benzene rings is 1. The van der Waals surface area contributed by atoms with Gasteiger partial charge in [0.25, 0.3) is 0 Å². The predicted octanol–water partition coefficient (Wildman–Crippen LogP) is 2.37. The van der Waals surface area contributed by atoms with Gasteiger partial charge in [0.05, 0.1) is 21.3 Å². The predicted molar refractivity (Wildman–Crippen MR) is 141 cm³/mol. The molecule has 0 fully saturated rings. The van der Waals surface area contributed by atoms with Crippen LogP contribution in [-0.4, -0.2) is 76.8 Å². The number of nitrogens with one attached hydrogen (secondary N) is 1. The molecule has 3 aromatic heterocycles. The fraction of sp³-hybridized carbons (Fsp3) is 0.333. The van der Waals surface area contributed by atoms with E-state index in [1.807, 2.05) is 6.92 Å². The zero-order chi connectivity index (χ0) is 28.2. The third-order valence-corrected chi connectivity index (χ3v) is 7.51. The highest BCUT2D eigenvalue weighted by molar-refractivity contribution is 7.93. The van der Waals surface area contributed by atoms with Crippen LogP contribution in [0, 0.1) is 6.92 Å².